The Bertz CT molecular complexity index is 185. The summed E-state index contributed by atoms with van der Waals surface area (Å²) in [5.74, 6) is 0. The molecule has 0 aliphatic rings. The van der Waals surface area contributed by atoms with Gasteiger partial charge in [0.2, 0.25) is 0 Å². The van der Waals surface area contributed by atoms with Crippen molar-refractivity contribution in [2.24, 2.45) is 5.41 Å². The molecule has 3 nitrogen and oxygen atoms in total. The summed E-state index contributed by atoms with van der Waals surface area (Å²) >= 11 is 0. The summed E-state index contributed by atoms with van der Waals surface area (Å²) < 4.78 is 0. The van der Waals surface area contributed by atoms with E-state index < -0.39 is 5.60 Å². The molecular weight excluding hydrogens is 200 g/mol. The van der Waals surface area contributed by atoms with Gasteiger partial charge in [-0.05, 0) is 32.4 Å². The maximum Gasteiger partial charge on any atom is 0.0718 e. The minimum absolute atomic E-state index is 0.247. The van der Waals surface area contributed by atoms with Crippen LogP contribution in [0.2, 0.25) is 0 Å². The maximum absolute atomic E-state index is 9.83. The van der Waals surface area contributed by atoms with E-state index in [1.165, 1.54) is 0 Å². The third kappa shape index (κ3) is 8.08. The van der Waals surface area contributed by atoms with Gasteiger partial charge in [0.25, 0.3) is 0 Å². The molecule has 0 heterocycles. The fraction of sp³-hybridized carbons (Fsp3) is 1.00. The molecule has 0 spiro atoms. The minimum Gasteiger partial charge on any atom is -0.389 e. The summed E-state index contributed by atoms with van der Waals surface area (Å²) in [6.07, 6.45) is 0. The second-order valence-electron chi connectivity index (χ2n) is 6.06. The van der Waals surface area contributed by atoms with Crippen molar-refractivity contribution in [3.8, 4) is 0 Å². The van der Waals surface area contributed by atoms with Gasteiger partial charge in [-0.2, -0.15) is 0 Å². The normalized spacial score (nSPS) is 13.5. The van der Waals surface area contributed by atoms with Crippen LogP contribution in [0.4, 0.5) is 0 Å². The Morgan fingerprint density at radius 1 is 1.06 bits per heavy atom. The Kier molecular flexibility index (Phi) is 6.53. The maximum atomic E-state index is 9.83. The van der Waals surface area contributed by atoms with Crippen molar-refractivity contribution < 1.29 is 5.11 Å². The average Bonchev–Trinajstić information content (AvgIpc) is 2.11. The molecule has 0 bridgehead atoms. The predicted octanol–water partition coefficient (Wildman–Crippen LogP) is 1.71. The van der Waals surface area contributed by atoms with Gasteiger partial charge in [-0.15, -0.1) is 0 Å². The molecule has 3 heteroatoms. The van der Waals surface area contributed by atoms with E-state index in [1.54, 1.807) is 0 Å². The van der Waals surface area contributed by atoms with Crippen LogP contribution in [0.3, 0.4) is 0 Å². The van der Waals surface area contributed by atoms with Crippen LogP contribution < -0.4 is 5.32 Å². The molecule has 0 saturated carbocycles. The number of aliphatic hydroxyl groups is 1. The fourth-order valence-corrected chi connectivity index (χ4v) is 1.95. The topological polar surface area (TPSA) is 35.5 Å². The number of nitrogens with one attached hydrogen (secondary N) is 1. The molecule has 0 aromatic carbocycles. The largest absolute Gasteiger partial charge is 0.389 e. The van der Waals surface area contributed by atoms with Crippen molar-refractivity contribution in [1.82, 2.24) is 10.2 Å². The number of hydrogen-bond acceptors (Lipinski definition) is 3. The zero-order chi connectivity index (χ0) is 12.8. The molecule has 98 valence electrons. The van der Waals surface area contributed by atoms with Crippen LogP contribution in [0.15, 0.2) is 0 Å². The van der Waals surface area contributed by atoms with E-state index in [1.807, 2.05) is 13.8 Å². The summed E-state index contributed by atoms with van der Waals surface area (Å²) in [5.41, 5.74) is -0.360. The summed E-state index contributed by atoms with van der Waals surface area (Å²) in [4.78, 5) is 2.32. The van der Waals surface area contributed by atoms with Crippen LogP contribution in [0.5, 0.6) is 0 Å². The van der Waals surface area contributed by atoms with Crippen LogP contribution in [-0.4, -0.2) is 48.3 Å². The van der Waals surface area contributed by atoms with Gasteiger partial charge < -0.3 is 15.3 Å². The highest BCUT2D eigenvalue weighted by Gasteiger charge is 2.24. The number of likely N-dealkylation sites (N-methyl/N-ethyl adjacent to an activating group) is 1. The highest BCUT2D eigenvalue weighted by molar-refractivity contribution is 4.79. The molecule has 0 aromatic rings. The predicted molar refractivity (Wildman–Crippen MR) is 70.7 cm³/mol. The van der Waals surface area contributed by atoms with E-state index in [-0.39, 0.29) is 5.41 Å². The quantitative estimate of drug-likeness (QED) is 0.666. The SMILES string of the molecule is CCNCC(C)(C)CN(CC)CC(C)(C)O. The fourth-order valence-electron chi connectivity index (χ4n) is 1.95. The Morgan fingerprint density at radius 2 is 1.62 bits per heavy atom. The van der Waals surface area contributed by atoms with Crippen molar-refractivity contribution in [2.45, 2.75) is 47.1 Å². The smallest absolute Gasteiger partial charge is 0.0718 e. The summed E-state index contributed by atoms with van der Waals surface area (Å²) in [7, 11) is 0. The van der Waals surface area contributed by atoms with Gasteiger partial charge in [-0.3, -0.25) is 0 Å². The summed E-state index contributed by atoms with van der Waals surface area (Å²) in [6, 6.07) is 0. The first-order valence-corrected chi connectivity index (χ1v) is 6.35. The van der Waals surface area contributed by atoms with E-state index in [4.69, 9.17) is 0 Å². The first kappa shape index (κ1) is 15.9. The zero-order valence-corrected chi connectivity index (χ0v) is 11.9. The van der Waals surface area contributed by atoms with Gasteiger partial charge in [0, 0.05) is 19.6 Å². The Hall–Kier alpha value is -0.120. The van der Waals surface area contributed by atoms with Crippen LogP contribution in [-0.2, 0) is 0 Å². The lowest BCUT2D eigenvalue weighted by Gasteiger charge is -2.35. The van der Waals surface area contributed by atoms with Crippen molar-refractivity contribution in [3.63, 3.8) is 0 Å². The molecule has 16 heavy (non-hydrogen) atoms. The van der Waals surface area contributed by atoms with Gasteiger partial charge in [0.15, 0.2) is 0 Å². The molecule has 0 aliphatic carbocycles. The number of hydrogen-bond donors (Lipinski definition) is 2. The van der Waals surface area contributed by atoms with E-state index >= 15 is 0 Å². The molecule has 0 radical (unpaired) electrons. The molecule has 0 rings (SSSR count). The Balaban J connectivity index is 4.19. The van der Waals surface area contributed by atoms with Gasteiger partial charge in [-0.1, -0.05) is 27.7 Å². The third-order valence-electron chi connectivity index (χ3n) is 2.56. The summed E-state index contributed by atoms with van der Waals surface area (Å²) in [5, 5.41) is 13.2. The van der Waals surface area contributed by atoms with Crippen LogP contribution >= 0.6 is 0 Å². The first-order chi connectivity index (χ1) is 7.20. The van der Waals surface area contributed by atoms with Crippen LogP contribution in [0, 0.1) is 5.41 Å². The lowest BCUT2D eigenvalue weighted by molar-refractivity contribution is 0.0260. The van der Waals surface area contributed by atoms with Crippen molar-refractivity contribution >= 4 is 0 Å². The zero-order valence-electron chi connectivity index (χ0n) is 11.9. The van der Waals surface area contributed by atoms with Crippen molar-refractivity contribution in [1.29, 1.82) is 0 Å². The van der Waals surface area contributed by atoms with Crippen LogP contribution in [0.1, 0.15) is 41.5 Å². The minimum atomic E-state index is -0.607. The lowest BCUT2D eigenvalue weighted by Crippen LogP contribution is -2.45. The molecule has 0 fully saturated rings. The number of rotatable bonds is 8. The van der Waals surface area contributed by atoms with E-state index in [0.29, 0.717) is 0 Å². The van der Waals surface area contributed by atoms with Crippen molar-refractivity contribution in [2.75, 3.05) is 32.7 Å². The highest BCUT2D eigenvalue weighted by Crippen LogP contribution is 2.17. The molecule has 0 aliphatic heterocycles. The molecule has 0 aromatic heterocycles. The lowest BCUT2D eigenvalue weighted by atomic mass is 9.92. The van der Waals surface area contributed by atoms with Gasteiger partial charge >= 0.3 is 0 Å². The Labute approximate surface area is 101 Å². The third-order valence-corrected chi connectivity index (χ3v) is 2.56. The van der Waals surface area contributed by atoms with Gasteiger partial charge in [0.05, 0.1) is 5.60 Å². The second kappa shape index (κ2) is 6.58. The average molecular weight is 230 g/mol. The van der Waals surface area contributed by atoms with E-state index in [9.17, 15) is 5.11 Å². The molecule has 0 amide bonds. The van der Waals surface area contributed by atoms with E-state index in [2.05, 4.69) is 37.9 Å². The number of nitrogens with zero attached hydrogens (tertiary/aromatic N) is 1. The van der Waals surface area contributed by atoms with Crippen LogP contribution in [0.25, 0.3) is 0 Å². The second-order valence-corrected chi connectivity index (χ2v) is 6.06. The summed E-state index contributed by atoms with van der Waals surface area (Å²) in [6.45, 7) is 17.3. The highest BCUT2D eigenvalue weighted by atomic mass is 16.3. The standard InChI is InChI=1S/C13H30N2O/c1-7-14-9-12(3,4)10-15(8-2)11-13(5,6)16/h14,16H,7-11H2,1-6H3. The van der Waals surface area contributed by atoms with Gasteiger partial charge in [-0.25, -0.2) is 0 Å². The van der Waals surface area contributed by atoms with Gasteiger partial charge in [0.1, 0.15) is 0 Å². The molecule has 0 atom stereocenters. The van der Waals surface area contributed by atoms with E-state index in [0.717, 1.165) is 32.7 Å². The van der Waals surface area contributed by atoms with Crippen molar-refractivity contribution in [3.05, 3.63) is 0 Å². The molecule has 0 saturated heterocycles. The monoisotopic (exact) mass is 230 g/mol. The molecule has 0 unspecified atom stereocenters. The molecular formula is C13H30N2O. The first-order valence-electron chi connectivity index (χ1n) is 6.35. The molecule has 2 N–H and O–H groups in total. The Morgan fingerprint density at radius 3 is 2.00 bits per heavy atom.